The number of hydrogen-bond donors (Lipinski definition) is 0. The lowest BCUT2D eigenvalue weighted by molar-refractivity contribution is -0.385. The smallest absolute Gasteiger partial charge is 0.410 e. The van der Waals surface area contributed by atoms with E-state index in [0.29, 0.717) is 6.29 Å². The molecule has 1 aromatic heterocycles. The third kappa shape index (κ3) is 3.77. The van der Waals surface area contributed by atoms with Crippen LogP contribution in [0.4, 0.5) is 10.5 Å². The molecule has 0 saturated heterocycles. The Balaban J connectivity index is 3.14. The molecule has 0 fully saturated rings. The maximum absolute atomic E-state index is 12.0. The zero-order valence-corrected chi connectivity index (χ0v) is 12.6. The van der Waals surface area contributed by atoms with Crippen molar-refractivity contribution < 1.29 is 19.2 Å². The minimum absolute atomic E-state index is 0.0170. The highest BCUT2D eigenvalue weighted by molar-refractivity contribution is 5.75. The van der Waals surface area contributed by atoms with Crippen LogP contribution in [0.1, 0.15) is 32.5 Å². The summed E-state index contributed by atoms with van der Waals surface area (Å²) in [6.45, 7) is 5.05. The highest BCUT2D eigenvalue weighted by Gasteiger charge is 2.33. The van der Waals surface area contributed by atoms with Crippen molar-refractivity contribution in [3.63, 3.8) is 0 Å². The van der Waals surface area contributed by atoms with Crippen LogP contribution in [0.3, 0.4) is 0 Å². The van der Waals surface area contributed by atoms with E-state index in [-0.39, 0.29) is 11.4 Å². The van der Waals surface area contributed by atoms with Gasteiger partial charge in [0, 0.05) is 14.1 Å². The standard InChI is InChI=1S/C12H18N4O5/c1-12(2,3)21-11(18)14(4)9(7-17)10-8(16(19)20)6-13-15(10)5/h6-7,9H,1-5H3. The van der Waals surface area contributed by atoms with Gasteiger partial charge in [0.15, 0.2) is 0 Å². The number of rotatable bonds is 4. The maximum atomic E-state index is 12.0. The third-order valence-corrected chi connectivity index (χ3v) is 2.67. The summed E-state index contributed by atoms with van der Waals surface area (Å²) in [5.74, 6) is 0. The molecule has 1 amide bonds. The number of ether oxygens (including phenoxy) is 1. The van der Waals surface area contributed by atoms with Gasteiger partial charge in [0.2, 0.25) is 0 Å². The van der Waals surface area contributed by atoms with Crippen LogP contribution in [-0.4, -0.2) is 44.6 Å². The number of aromatic nitrogens is 2. The molecule has 0 spiro atoms. The molecule has 1 rings (SSSR count). The molecule has 0 aliphatic rings. The van der Waals surface area contributed by atoms with Crippen molar-refractivity contribution >= 4 is 18.1 Å². The second-order valence-corrected chi connectivity index (χ2v) is 5.47. The molecule has 116 valence electrons. The van der Waals surface area contributed by atoms with E-state index in [2.05, 4.69) is 5.10 Å². The van der Waals surface area contributed by atoms with Crippen molar-refractivity contribution in [2.75, 3.05) is 7.05 Å². The molecule has 1 aromatic rings. The first-order valence-electron chi connectivity index (χ1n) is 6.16. The Morgan fingerprint density at radius 2 is 2.14 bits per heavy atom. The third-order valence-electron chi connectivity index (χ3n) is 2.67. The summed E-state index contributed by atoms with van der Waals surface area (Å²) in [5.41, 5.74) is -1.05. The minimum Gasteiger partial charge on any atom is -0.444 e. The molecule has 9 heteroatoms. The number of aryl methyl sites for hydroxylation is 1. The van der Waals surface area contributed by atoms with E-state index < -0.39 is 22.7 Å². The SMILES string of the molecule is CN(C(=O)OC(C)(C)C)C(C=O)c1c([N+](=O)[O-])cnn1C. The van der Waals surface area contributed by atoms with Crippen molar-refractivity contribution in [3.8, 4) is 0 Å². The summed E-state index contributed by atoms with van der Waals surface area (Å²) in [5, 5.41) is 14.7. The first kappa shape index (κ1) is 16.6. The van der Waals surface area contributed by atoms with E-state index in [1.807, 2.05) is 0 Å². The lowest BCUT2D eigenvalue weighted by atomic mass is 10.2. The van der Waals surface area contributed by atoms with Gasteiger partial charge in [-0.15, -0.1) is 0 Å². The quantitative estimate of drug-likeness (QED) is 0.473. The van der Waals surface area contributed by atoms with Crippen LogP contribution in [0.15, 0.2) is 6.20 Å². The average Bonchev–Trinajstić information content (AvgIpc) is 2.70. The molecule has 0 N–H and O–H groups in total. The summed E-state index contributed by atoms with van der Waals surface area (Å²) in [7, 11) is 2.80. The largest absolute Gasteiger partial charge is 0.444 e. The fourth-order valence-electron chi connectivity index (χ4n) is 1.71. The topological polar surface area (TPSA) is 108 Å². The summed E-state index contributed by atoms with van der Waals surface area (Å²) in [6, 6.07) is -1.16. The fourth-order valence-corrected chi connectivity index (χ4v) is 1.71. The molecule has 1 heterocycles. The molecule has 1 atom stereocenters. The molecule has 0 saturated carbocycles. The number of carbonyl (C=O) groups is 2. The Morgan fingerprint density at radius 1 is 1.57 bits per heavy atom. The van der Waals surface area contributed by atoms with Crippen molar-refractivity contribution in [2.24, 2.45) is 7.05 Å². The zero-order chi connectivity index (χ0) is 16.4. The van der Waals surface area contributed by atoms with E-state index in [1.165, 1.54) is 18.8 Å². The number of nitrogens with zero attached hydrogens (tertiary/aromatic N) is 4. The van der Waals surface area contributed by atoms with Crippen LogP contribution >= 0.6 is 0 Å². The highest BCUT2D eigenvalue weighted by atomic mass is 16.6. The van der Waals surface area contributed by atoms with Gasteiger partial charge in [-0.25, -0.2) is 4.79 Å². The Bertz CT molecular complexity index is 560. The molecule has 0 aromatic carbocycles. The number of carbonyl (C=O) groups excluding carboxylic acids is 2. The molecule has 0 bridgehead atoms. The van der Waals surface area contributed by atoms with Gasteiger partial charge in [-0.3, -0.25) is 19.7 Å². The fraction of sp³-hybridized carbons (Fsp3) is 0.583. The normalized spacial score (nSPS) is 12.6. The average molecular weight is 298 g/mol. The summed E-state index contributed by atoms with van der Waals surface area (Å²) in [6.07, 6.45) is 0.720. The maximum Gasteiger partial charge on any atom is 0.410 e. The Morgan fingerprint density at radius 3 is 2.57 bits per heavy atom. The molecule has 0 aliphatic carbocycles. The van der Waals surface area contributed by atoms with Gasteiger partial charge in [-0.1, -0.05) is 0 Å². The predicted molar refractivity (Wildman–Crippen MR) is 72.7 cm³/mol. The molecule has 0 radical (unpaired) electrons. The highest BCUT2D eigenvalue weighted by Crippen LogP contribution is 2.27. The van der Waals surface area contributed by atoms with Crippen LogP contribution in [-0.2, 0) is 16.6 Å². The minimum atomic E-state index is -1.16. The van der Waals surface area contributed by atoms with E-state index in [4.69, 9.17) is 4.74 Å². The number of nitro groups is 1. The second kappa shape index (κ2) is 5.90. The van der Waals surface area contributed by atoms with E-state index in [1.54, 1.807) is 20.8 Å². The molecular weight excluding hydrogens is 280 g/mol. The van der Waals surface area contributed by atoms with Crippen LogP contribution in [0.25, 0.3) is 0 Å². The number of hydrogen-bond acceptors (Lipinski definition) is 6. The number of likely N-dealkylation sites (N-methyl/N-ethyl adjacent to an activating group) is 1. The van der Waals surface area contributed by atoms with Crippen LogP contribution in [0, 0.1) is 10.1 Å². The van der Waals surface area contributed by atoms with Crippen molar-refractivity contribution in [2.45, 2.75) is 32.4 Å². The molecule has 9 nitrogen and oxygen atoms in total. The van der Waals surface area contributed by atoms with Gasteiger partial charge in [0.1, 0.15) is 29.8 Å². The monoisotopic (exact) mass is 298 g/mol. The lowest BCUT2D eigenvalue weighted by Crippen LogP contribution is -2.38. The van der Waals surface area contributed by atoms with Crippen molar-refractivity contribution in [3.05, 3.63) is 22.0 Å². The molecule has 21 heavy (non-hydrogen) atoms. The summed E-state index contributed by atoms with van der Waals surface area (Å²) >= 11 is 0. The van der Waals surface area contributed by atoms with Crippen molar-refractivity contribution in [1.82, 2.24) is 14.7 Å². The van der Waals surface area contributed by atoms with Gasteiger partial charge in [0.25, 0.3) is 0 Å². The zero-order valence-electron chi connectivity index (χ0n) is 12.6. The van der Waals surface area contributed by atoms with Gasteiger partial charge in [-0.05, 0) is 20.8 Å². The van der Waals surface area contributed by atoms with Gasteiger partial charge < -0.3 is 9.53 Å². The van der Waals surface area contributed by atoms with Gasteiger partial charge >= 0.3 is 11.8 Å². The predicted octanol–water partition coefficient (Wildman–Crippen LogP) is 1.44. The first-order valence-corrected chi connectivity index (χ1v) is 6.16. The Labute approximate surface area is 121 Å². The van der Waals surface area contributed by atoms with E-state index in [9.17, 15) is 19.7 Å². The van der Waals surface area contributed by atoms with Crippen LogP contribution in [0.2, 0.25) is 0 Å². The van der Waals surface area contributed by atoms with Crippen LogP contribution < -0.4 is 0 Å². The van der Waals surface area contributed by atoms with Crippen LogP contribution in [0.5, 0.6) is 0 Å². The van der Waals surface area contributed by atoms with Gasteiger partial charge in [0.05, 0.1) is 4.92 Å². The molecule has 1 unspecified atom stereocenters. The molecule has 0 aliphatic heterocycles. The second-order valence-electron chi connectivity index (χ2n) is 5.47. The Hall–Kier alpha value is -2.45. The molecular formula is C12H18N4O5. The summed E-state index contributed by atoms with van der Waals surface area (Å²) in [4.78, 5) is 34.7. The van der Waals surface area contributed by atoms with E-state index >= 15 is 0 Å². The van der Waals surface area contributed by atoms with Gasteiger partial charge in [-0.2, -0.15) is 5.10 Å². The Kier molecular flexibility index (Phi) is 4.66. The summed E-state index contributed by atoms with van der Waals surface area (Å²) < 4.78 is 6.34. The number of amides is 1. The van der Waals surface area contributed by atoms with E-state index in [0.717, 1.165) is 11.1 Å². The lowest BCUT2D eigenvalue weighted by Gasteiger charge is -2.27. The van der Waals surface area contributed by atoms with Crippen molar-refractivity contribution in [1.29, 1.82) is 0 Å². The number of aldehydes is 1. The first-order chi connectivity index (χ1) is 9.58.